The maximum absolute atomic E-state index is 12.5. The van der Waals surface area contributed by atoms with E-state index in [-0.39, 0.29) is 11.9 Å². The van der Waals surface area contributed by atoms with E-state index < -0.39 is 0 Å². The highest BCUT2D eigenvalue weighted by Gasteiger charge is 2.29. The second-order valence-electron chi connectivity index (χ2n) is 6.65. The number of hydrogen-bond acceptors (Lipinski definition) is 4. The highest BCUT2D eigenvalue weighted by atomic mass is 16.5. The Morgan fingerprint density at radius 3 is 2.77 bits per heavy atom. The van der Waals surface area contributed by atoms with Crippen molar-refractivity contribution < 1.29 is 14.3 Å². The van der Waals surface area contributed by atoms with E-state index in [4.69, 9.17) is 9.47 Å². The fourth-order valence-corrected chi connectivity index (χ4v) is 3.57. The second kappa shape index (κ2) is 8.23. The Morgan fingerprint density at radius 2 is 2.04 bits per heavy atom. The average molecular weight is 354 g/mol. The van der Waals surface area contributed by atoms with Gasteiger partial charge in [0.05, 0.1) is 20.8 Å². The van der Waals surface area contributed by atoms with Crippen molar-refractivity contribution in [1.82, 2.24) is 4.90 Å². The molecule has 0 radical (unpaired) electrons. The van der Waals surface area contributed by atoms with Crippen LogP contribution in [-0.4, -0.2) is 38.1 Å². The predicted molar refractivity (Wildman–Crippen MR) is 103 cm³/mol. The molecule has 2 aromatic carbocycles. The molecule has 1 atom stereocenters. The van der Waals surface area contributed by atoms with Crippen molar-refractivity contribution >= 4 is 11.6 Å². The molecule has 5 heteroatoms. The van der Waals surface area contributed by atoms with Gasteiger partial charge in [-0.25, -0.2) is 0 Å². The summed E-state index contributed by atoms with van der Waals surface area (Å²) in [7, 11) is 3.31. The van der Waals surface area contributed by atoms with E-state index in [0.717, 1.165) is 47.7 Å². The lowest BCUT2D eigenvalue weighted by molar-refractivity contribution is -0.117. The number of methoxy groups -OCH3 is 2. The zero-order valence-electron chi connectivity index (χ0n) is 15.6. The van der Waals surface area contributed by atoms with Gasteiger partial charge in [-0.05, 0) is 50.1 Å². The maximum Gasteiger partial charge on any atom is 0.238 e. The van der Waals surface area contributed by atoms with Crippen molar-refractivity contribution in [3.05, 3.63) is 53.6 Å². The quantitative estimate of drug-likeness (QED) is 0.857. The summed E-state index contributed by atoms with van der Waals surface area (Å²) < 4.78 is 10.8. The maximum atomic E-state index is 12.5. The van der Waals surface area contributed by atoms with Crippen LogP contribution in [0.5, 0.6) is 11.5 Å². The molecule has 1 heterocycles. The van der Waals surface area contributed by atoms with E-state index in [1.54, 1.807) is 14.2 Å². The van der Waals surface area contributed by atoms with Gasteiger partial charge in [0.15, 0.2) is 0 Å². The first-order valence-electron chi connectivity index (χ1n) is 8.93. The molecular weight excluding hydrogens is 328 g/mol. The van der Waals surface area contributed by atoms with Gasteiger partial charge in [0.25, 0.3) is 0 Å². The van der Waals surface area contributed by atoms with Crippen LogP contribution >= 0.6 is 0 Å². The topological polar surface area (TPSA) is 50.8 Å². The molecule has 0 saturated carbocycles. The summed E-state index contributed by atoms with van der Waals surface area (Å²) in [5.41, 5.74) is 3.08. The molecule has 1 amide bonds. The van der Waals surface area contributed by atoms with Gasteiger partial charge >= 0.3 is 0 Å². The number of carbonyl (C=O) groups is 1. The number of aryl methyl sites for hydroxylation is 1. The molecule has 1 N–H and O–H groups in total. The first-order valence-corrected chi connectivity index (χ1v) is 8.93. The van der Waals surface area contributed by atoms with Gasteiger partial charge < -0.3 is 14.8 Å². The van der Waals surface area contributed by atoms with Crippen molar-refractivity contribution in [1.29, 1.82) is 0 Å². The summed E-state index contributed by atoms with van der Waals surface area (Å²) in [5.74, 6) is 1.59. The number of nitrogens with zero attached hydrogens (tertiary/aromatic N) is 1. The van der Waals surface area contributed by atoms with Crippen LogP contribution in [0.4, 0.5) is 5.69 Å². The second-order valence-corrected chi connectivity index (χ2v) is 6.65. The number of rotatable bonds is 6. The highest BCUT2D eigenvalue weighted by Crippen LogP contribution is 2.38. The summed E-state index contributed by atoms with van der Waals surface area (Å²) in [6.45, 7) is 3.29. The molecule has 26 heavy (non-hydrogen) atoms. The lowest BCUT2D eigenvalue weighted by Gasteiger charge is -2.26. The summed E-state index contributed by atoms with van der Waals surface area (Å²) in [5, 5.41) is 3.00. The third-order valence-corrected chi connectivity index (χ3v) is 4.81. The van der Waals surface area contributed by atoms with Gasteiger partial charge in [0.1, 0.15) is 11.5 Å². The molecule has 0 aliphatic carbocycles. The molecule has 1 unspecified atom stereocenters. The van der Waals surface area contributed by atoms with Gasteiger partial charge in [-0.1, -0.05) is 18.2 Å². The Bertz CT molecular complexity index is 776. The number of ether oxygens (including phenoxy) is 2. The molecule has 1 fully saturated rings. The van der Waals surface area contributed by atoms with E-state index >= 15 is 0 Å². The lowest BCUT2D eigenvalue weighted by Crippen LogP contribution is -2.33. The molecule has 0 spiro atoms. The Balaban J connectivity index is 1.71. The molecule has 3 rings (SSSR count). The average Bonchev–Trinajstić information content (AvgIpc) is 3.08. The zero-order chi connectivity index (χ0) is 18.5. The minimum atomic E-state index is 0.00924. The van der Waals surface area contributed by atoms with Gasteiger partial charge in [0, 0.05) is 23.4 Å². The molecule has 5 nitrogen and oxygen atoms in total. The number of likely N-dealkylation sites (tertiary alicyclic amines) is 1. The minimum absolute atomic E-state index is 0.00924. The van der Waals surface area contributed by atoms with Crippen LogP contribution in [0.15, 0.2) is 42.5 Å². The first kappa shape index (κ1) is 18.3. The number of nitrogens with one attached hydrogen (secondary N) is 1. The van der Waals surface area contributed by atoms with Crippen LogP contribution in [0.25, 0.3) is 0 Å². The Hall–Kier alpha value is -2.53. The van der Waals surface area contributed by atoms with Gasteiger partial charge in [0.2, 0.25) is 5.91 Å². The minimum Gasteiger partial charge on any atom is -0.497 e. The fraction of sp³-hybridized carbons (Fsp3) is 0.381. The Kier molecular flexibility index (Phi) is 5.78. The third kappa shape index (κ3) is 4.17. The van der Waals surface area contributed by atoms with Crippen molar-refractivity contribution in [2.45, 2.75) is 25.8 Å². The zero-order valence-corrected chi connectivity index (χ0v) is 15.6. The standard InChI is InChI=1S/C21H26N2O3/c1-15-6-4-7-16(12-15)22-21(24)14-23-11-5-8-19(23)18-10-9-17(25-2)13-20(18)26-3/h4,6-7,9-10,12-13,19H,5,8,11,14H2,1-3H3,(H,22,24). The number of amides is 1. The lowest BCUT2D eigenvalue weighted by atomic mass is 10.0. The molecule has 138 valence electrons. The third-order valence-electron chi connectivity index (χ3n) is 4.81. The van der Waals surface area contributed by atoms with Crippen LogP contribution in [-0.2, 0) is 4.79 Å². The molecule has 0 aromatic heterocycles. The predicted octanol–water partition coefficient (Wildman–Crippen LogP) is 3.79. The SMILES string of the molecule is COc1ccc(C2CCCN2CC(=O)Nc2cccc(C)c2)c(OC)c1. The van der Waals surface area contributed by atoms with Crippen molar-refractivity contribution in [2.24, 2.45) is 0 Å². The number of benzene rings is 2. The van der Waals surface area contributed by atoms with Gasteiger partial charge in [-0.2, -0.15) is 0 Å². The smallest absolute Gasteiger partial charge is 0.238 e. The summed E-state index contributed by atoms with van der Waals surface area (Å²) in [6.07, 6.45) is 2.08. The highest BCUT2D eigenvalue weighted by molar-refractivity contribution is 5.92. The normalized spacial score (nSPS) is 17.1. The van der Waals surface area contributed by atoms with Gasteiger partial charge in [-0.3, -0.25) is 9.69 Å². The van der Waals surface area contributed by atoms with Crippen LogP contribution in [0, 0.1) is 6.92 Å². The van der Waals surface area contributed by atoms with E-state index in [1.807, 2.05) is 49.4 Å². The van der Waals surface area contributed by atoms with Gasteiger partial charge in [-0.15, -0.1) is 0 Å². The molecule has 1 saturated heterocycles. The van der Waals surface area contributed by atoms with E-state index in [0.29, 0.717) is 6.54 Å². The molecule has 1 aliphatic heterocycles. The van der Waals surface area contributed by atoms with Crippen LogP contribution in [0.2, 0.25) is 0 Å². The van der Waals surface area contributed by atoms with E-state index in [2.05, 4.69) is 10.2 Å². The van der Waals surface area contributed by atoms with E-state index in [9.17, 15) is 4.79 Å². The fourth-order valence-electron chi connectivity index (χ4n) is 3.57. The summed E-state index contributed by atoms with van der Waals surface area (Å²) in [6, 6.07) is 13.9. The summed E-state index contributed by atoms with van der Waals surface area (Å²) in [4.78, 5) is 14.7. The molecular formula is C21H26N2O3. The number of hydrogen-bond donors (Lipinski definition) is 1. The largest absolute Gasteiger partial charge is 0.497 e. The molecule has 0 bridgehead atoms. The first-order chi connectivity index (χ1) is 12.6. The van der Waals surface area contributed by atoms with Crippen molar-refractivity contribution in [3.63, 3.8) is 0 Å². The monoisotopic (exact) mass is 354 g/mol. The Labute approximate surface area is 154 Å². The number of anilines is 1. The molecule has 2 aromatic rings. The Morgan fingerprint density at radius 1 is 1.19 bits per heavy atom. The summed E-state index contributed by atoms with van der Waals surface area (Å²) >= 11 is 0. The van der Waals surface area contributed by atoms with Crippen molar-refractivity contribution in [2.75, 3.05) is 32.6 Å². The number of carbonyl (C=O) groups excluding carboxylic acids is 1. The van der Waals surface area contributed by atoms with Crippen LogP contribution in [0.3, 0.4) is 0 Å². The van der Waals surface area contributed by atoms with Crippen LogP contribution < -0.4 is 14.8 Å². The molecule has 1 aliphatic rings. The van der Waals surface area contributed by atoms with Crippen molar-refractivity contribution in [3.8, 4) is 11.5 Å². The van der Waals surface area contributed by atoms with Crippen LogP contribution in [0.1, 0.15) is 30.0 Å². The van der Waals surface area contributed by atoms with E-state index in [1.165, 1.54) is 0 Å².